The molecule has 4 aromatic carbocycles. The van der Waals surface area contributed by atoms with Crippen LogP contribution in [0.15, 0.2) is 97.1 Å². The Labute approximate surface area is 248 Å². The average Bonchev–Trinajstić information content (AvgIpc) is 3.46. The third-order valence-electron chi connectivity index (χ3n) is 8.89. The van der Waals surface area contributed by atoms with Crippen LogP contribution in [0.5, 0.6) is 11.5 Å². The predicted molar refractivity (Wildman–Crippen MR) is 161 cm³/mol. The lowest BCUT2D eigenvalue weighted by Crippen LogP contribution is -2.48. The maximum Gasteiger partial charge on any atom is 0.185 e. The molecule has 2 heterocycles. The summed E-state index contributed by atoms with van der Waals surface area (Å²) in [5.74, 6) is -0.722. The highest BCUT2D eigenvalue weighted by Gasteiger charge is 2.72. The van der Waals surface area contributed by atoms with Crippen molar-refractivity contribution in [3.05, 3.63) is 130 Å². The van der Waals surface area contributed by atoms with Gasteiger partial charge in [0.1, 0.15) is 23.0 Å². The Morgan fingerprint density at radius 3 is 2.17 bits per heavy atom. The van der Waals surface area contributed by atoms with Crippen molar-refractivity contribution in [2.75, 3.05) is 19.1 Å². The van der Waals surface area contributed by atoms with E-state index in [0.29, 0.717) is 38.8 Å². The van der Waals surface area contributed by atoms with E-state index in [-0.39, 0.29) is 17.3 Å². The Morgan fingerprint density at radius 1 is 0.833 bits per heavy atom. The van der Waals surface area contributed by atoms with Gasteiger partial charge >= 0.3 is 0 Å². The van der Waals surface area contributed by atoms with Crippen LogP contribution < -0.4 is 14.4 Å². The van der Waals surface area contributed by atoms with Crippen LogP contribution in [0.4, 0.5) is 5.69 Å². The number of carbonyl (C=O) groups excluding carboxylic acids is 3. The second kappa shape index (κ2) is 9.71. The first-order valence-electron chi connectivity index (χ1n) is 13.7. The Bertz CT molecular complexity index is 1780. The van der Waals surface area contributed by atoms with Crippen LogP contribution in [-0.4, -0.2) is 43.7 Å². The Hall–Kier alpha value is -4.68. The summed E-state index contributed by atoms with van der Waals surface area (Å²) < 4.78 is 11.3. The first-order valence-corrected chi connectivity index (χ1v) is 14.1. The van der Waals surface area contributed by atoms with Crippen LogP contribution in [0.1, 0.15) is 48.1 Å². The first kappa shape index (κ1) is 26.2. The van der Waals surface area contributed by atoms with E-state index < -0.39 is 23.4 Å². The molecule has 0 aromatic heterocycles. The maximum atomic E-state index is 14.8. The second-order valence-electron chi connectivity index (χ2n) is 10.7. The van der Waals surface area contributed by atoms with Crippen LogP contribution in [0, 0.1) is 5.41 Å². The lowest BCUT2D eigenvalue weighted by molar-refractivity contribution is 0.0665. The fourth-order valence-electron chi connectivity index (χ4n) is 7.12. The minimum absolute atomic E-state index is 0.224. The van der Waals surface area contributed by atoms with Gasteiger partial charge in [0.15, 0.2) is 17.3 Å². The zero-order valence-electron chi connectivity index (χ0n) is 22.9. The summed E-state index contributed by atoms with van der Waals surface area (Å²) in [6, 6.07) is 25.0. The number of rotatable bonds is 5. The molecule has 6 nitrogen and oxygen atoms in total. The van der Waals surface area contributed by atoms with Crippen molar-refractivity contribution in [2.45, 2.75) is 18.0 Å². The van der Waals surface area contributed by atoms with Gasteiger partial charge in [-0.1, -0.05) is 72.3 Å². The molecule has 7 heteroatoms. The third-order valence-corrected chi connectivity index (χ3v) is 9.14. The van der Waals surface area contributed by atoms with Crippen molar-refractivity contribution in [2.24, 2.45) is 5.41 Å². The molecule has 0 N–H and O–H groups in total. The van der Waals surface area contributed by atoms with Gasteiger partial charge < -0.3 is 14.4 Å². The second-order valence-corrected chi connectivity index (χ2v) is 11.2. The predicted octanol–water partition coefficient (Wildman–Crippen LogP) is 6.67. The fraction of sp³-hybridized carbons (Fsp3) is 0.171. The topological polar surface area (TPSA) is 72.9 Å². The van der Waals surface area contributed by atoms with Crippen molar-refractivity contribution in [3.8, 4) is 11.5 Å². The number of nitrogens with zero attached hydrogens (tertiary/aromatic N) is 1. The fourth-order valence-corrected chi connectivity index (χ4v) is 7.25. The molecule has 3 aliphatic rings. The summed E-state index contributed by atoms with van der Waals surface area (Å²) >= 11 is 6.19. The van der Waals surface area contributed by atoms with Crippen LogP contribution in [0.25, 0.3) is 6.08 Å². The van der Waals surface area contributed by atoms with Crippen molar-refractivity contribution in [3.63, 3.8) is 0 Å². The molecule has 3 atom stereocenters. The molecule has 1 saturated heterocycles. The highest BCUT2D eigenvalue weighted by atomic mass is 35.5. The van der Waals surface area contributed by atoms with E-state index in [1.54, 1.807) is 67.8 Å². The van der Waals surface area contributed by atoms with Gasteiger partial charge in [-0.25, -0.2) is 0 Å². The average molecular weight is 576 g/mol. The van der Waals surface area contributed by atoms with Crippen LogP contribution in [-0.2, 0) is 0 Å². The Balaban J connectivity index is 1.57. The molecule has 0 amide bonds. The van der Waals surface area contributed by atoms with E-state index in [2.05, 4.69) is 0 Å². The Morgan fingerprint density at radius 2 is 1.50 bits per heavy atom. The molecular weight excluding hydrogens is 550 g/mol. The number of ether oxygens (including phenoxy) is 2. The SMILES string of the molecule is COc1ccc([C@@H]2[C@H](C(=O)c3ccc(Cl)cc3)N3c4ccccc4C=C[C@H]3C23C(=O)c2ccccc2C3=O)c(OC)c1. The summed E-state index contributed by atoms with van der Waals surface area (Å²) in [7, 11) is 3.09. The highest BCUT2D eigenvalue weighted by Crippen LogP contribution is 2.62. The molecule has 0 unspecified atom stereocenters. The molecule has 42 heavy (non-hydrogen) atoms. The first-order chi connectivity index (χ1) is 20.4. The van der Waals surface area contributed by atoms with E-state index in [1.165, 1.54) is 7.11 Å². The number of methoxy groups -OCH3 is 2. The number of hydrogen-bond acceptors (Lipinski definition) is 6. The van der Waals surface area contributed by atoms with Gasteiger partial charge in [-0.05, 0) is 42.0 Å². The molecule has 0 bridgehead atoms. The lowest BCUT2D eigenvalue weighted by Gasteiger charge is -2.37. The highest BCUT2D eigenvalue weighted by molar-refractivity contribution is 6.32. The van der Waals surface area contributed by atoms with Crippen molar-refractivity contribution >= 4 is 40.7 Å². The number of carbonyl (C=O) groups is 3. The largest absolute Gasteiger partial charge is 0.497 e. The van der Waals surface area contributed by atoms with E-state index >= 15 is 0 Å². The summed E-state index contributed by atoms with van der Waals surface area (Å²) in [4.78, 5) is 46.3. The normalized spacial score (nSPS) is 21.2. The van der Waals surface area contributed by atoms with E-state index in [4.69, 9.17) is 21.1 Å². The molecule has 4 aromatic rings. The van der Waals surface area contributed by atoms with Crippen LogP contribution in [0.3, 0.4) is 0 Å². The van der Waals surface area contributed by atoms with Crippen molar-refractivity contribution in [1.29, 1.82) is 0 Å². The summed E-state index contributed by atoms with van der Waals surface area (Å²) in [5, 5.41) is 0.503. The third kappa shape index (κ3) is 3.48. The molecule has 1 spiro atoms. The van der Waals surface area contributed by atoms with Gasteiger partial charge in [0, 0.05) is 44.9 Å². The van der Waals surface area contributed by atoms with Gasteiger partial charge in [0.25, 0.3) is 0 Å². The van der Waals surface area contributed by atoms with Gasteiger partial charge in [-0.3, -0.25) is 14.4 Å². The number of fused-ring (bicyclic) bond motifs is 5. The molecule has 0 saturated carbocycles. The van der Waals surface area contributed by atoms with Crippen LogP contribution in [0.2, 0.25) is 5.02 Å². The standard InChI is InChI=1S/C35H26ClNO5/c1-41-23-16-17-26(28(19-23)42-2)30-31(32(38)21-11-14-22(36)15-12-21)37-27-10-6-3-7-20(27)13-18-29(37)35(30)33(39)24-8-4-5-9-25(24)34(35)40/h3-19,29-31H,1-2H3/t29-,30+,31+/m0/s1. The molecule has 2 aliphatic heterocycles. The summed E-state index contributed by atoms with van der Waals surface area (Å²) in [5.41, 5.74) is 1.81. The summed E-state index contributed by atoms with van der Waals surface area (Å²) in [6.45, 7) is 0. The van der Waals surface area contributed by atoms with Gasteiger partial charge in [0.2, 0.25) is 0 Å². The summed E-state index contributed by atoms with van der Waals surface area (Å²) in [6.07, 6.45) is 3.85. The van der Waals surface area contributed by atoms with Gasteiger partial charge in [-0.2, -0.15) is 0 Å². The quantitative estimate of drug-likeness (QED) is 0.195. The number of halogens is 1. The molecule has 1 fully saturated rings. The van der Waals surface area contributed by atoms with Crippen molar-refractivity contribution < 1.29 is 23.9 Å². The molecule has 0 radical (unpaired) electrons. The molecule has 7 rings (SSSR count). The molecule has 208 valence electrons. The Kier molecular flexibility index (Phi) is 6.06. The number of para-hydroxylation sites is 1. The monoisotopic (exact) mass is 575 g/mol. The van der Waals surface area contributed by atoms with Gasteiger partial charge in [0.05, 0.1) is 20.3 Å². The zero-order chi connectivity index (χ0) is 29.2. The number of ketones is 3. The van der Waals surface area contributed by atoms with Crippen molar-refractivity contribution in [1.82, 2.24) is 0 Å². The van der Waals surface area contributed by atoms with E-state index in [9.17, 15) is 14.4 Å². The number of Topliss-reactive ketones (excluding diaryl/α,β-unsaturated/α-hetero) is 3. The van der Waals surface area contributed by atoms with Crippen LogP contribution >= 0.6 is 11.6 Å². The lowest BCUT2D eigenvalue weighted by atomic mass is 9.64. The minimum Gasteiger partial charge on any atom is -0.497 e. The van der Waals surface area contributed by atoms with E-state index in [0.717, 1.165) is 11.3 Å². The smallest absolute Gasteiger partial charge is 0.185 e. The zero-order valence-corrected chi connectivity index (χ0v) is 23.7. The minimum atomic E-state index is -1.62. The van der Waals surface area contributed by atoms with E-state index in [1.807, 2.05) is 47.4 Å². The molecular formula is C35H26ClNO5. The number of benzene rings is 4. The number of anilines is 1. The maximum absolute atomic E-state index is 14.8. The number of hydrogen-bond donors (Lipinski definition) is 0. The van der Waals surface area contributed by atoms with Gasteiger partial charge in [-0.15, -0.1) is 0 Å². The molecule has 1 aliphatic carbocycles.